The van der Waals surface area contributed by atoms with Crippen LogP contribution in [0.5, 0.6) is 0 Å². The van der Waals surface area contributed by atoms with E-state index in [0.29, 0.717) is 0 Å². The van der Waals surface area contributed by atoms with E-state index in [-0.39, 0.29) is 33.0 Å². The Balaban J connectivity index is 0.000000249. The third kappa shape index (κ3) is 13.8. The Morgan fingerprint density at radius 2 is 0.659 bits per heavy atom. The first-order chi connectivity index (χ1) is 21.0. The first kappa shape index (κ1) is 39.3. The summed E-state index contributed by atoms with van der Waals surface area (Å²) < 4.78 is -0.750. The van der Waals surface area contributed by atoms with E-state index < -0.39 is 20.1 Å². The Kier molecular flexibility index (Phi) is 20.9. The molecule has 0 spiro atoms. The van der Waals surface area contributed by atoms with Gasteiger partial charge in [0.05, 0.1) is 0 Å². The van der Waals surface area contributed by atoms with Gasteiger partial charge >= 0.3 is 52.1 Å². The molecule has 0 aliphatic heterocycles. The minimum Gasteiger partial charge on any atom is -0.206 e. The molecule has 0 radical (unpaired) electrons. The van der Waals surface area contributed by atoms with E-state index >= 15 is 0 Å². The Morgan fingerprint density at radius 3 is 0.841 bits per heavy atom. The van der Waals surface area contributed by atoms with Crippen LogP contribution in [0, 0.1) is 0 Å². The number of hydrogen-bond donors (Lipinski definition) is 0. The summed E-state index contributed by atoms with van der Waals surface area (Å²) in [5.41, 5.74) is 0. The predicted octanol–water partition coefficient (Wildman–Crippen LogP) is 9.69. The van der Waals surface area contributed by atoms with Crippen molar-refractivity contribution in [2.75, 3.05) is 0 Å². The fourth-order valence-corrected chi connectivity index (χ4v) is 8.84. The van der Waals surface area contributed by atoms with Gasteiger partial charge in [-0.2, -0.15) is 47.0 Å². The summed E-state index contributed by atoms with van der Waals surface area (Å²) in [7, 11) is 8.81. The number of hydrogen-bond acceptors (Lipinski definition) is 0. The van der Waals surface area contributed by atoms with Crippen molar-refractivity contribution in [2.24, 2.45) is 0 Å². The number of alkyl halides is 3. The molecule has 9 heteroatoms. The monoisotopic (exact) mass is 848 g/mol. The van der Waals surface area contributed by atoms with Gasteiger partial charge in [-0.1, -0.05) is 172 Å². The smallest absolute Gasteiger partial charge is 0.206 e. The number of halogens is 5. The Morgan fingerprint density at radius 1 is 0.432 bits per heavy atom. The van der Waals surface area contributed by atoms with Crippen LogP contribution in [0.2, 0.25) is 0 Å². The van der Waals surface area contributed by atoms with E-state index in [1.54, 1.807) is 0 Å². The minimum absolute atomic E-state index is 0. The molecule has 0 saturated carbocycles. The third-order valence-electron chi connectivity index (χ3n) is 5.86. The first-order valence-corrected chi connectivity index (χ1v) is 21.0. The van der Waals surface area contributed by atoms with Gasteiger partial charge in [-0.25, -0.2) is 12.1 Å². The molecule has 0 aliphatic carbocycles. The van der Waals surface area contributed by atoms with Crippen LogP contribution in [0.3, 0.4) is 0 Å². The van der Waals surface area contributed by atoms with Crippen molar-refractivity contribution in [3.8, 4) is 0 Å². The Hall–Kier alpha value is -0.928. The third-order valence-corrected chi connectivity index (χ3v) is 10.8. The van der Waals surface area contributed by atoms with E-state index in [4.69, 9.17) is 53.9 Å². The maximum atomic E-state index is 4.81. The van der Waals surface area contributed by atoms with Crippen LogP contribution in [-0.4, -0.2) is 4.30 Å². The van der Waals surface area contributed by atoms with Crippen LogP contribution in [0.15, 0.2) is 170 Å². The van der Waals surface area contributed by atoms with Crippen LogP contribution in [0.4, 0.5) is 0 Å². The second kappa shape index (κ2) is 23.4. The van der Waals surface area contributed by atoms with Gasteiger partial charge in [-0.3, -0.25) is 0 Å². The van der Waals surface area contributed by atoms with E-state index in [1.807, 2.05) is 0 Å². The maximum Gasteiger partial charge on any atom is 2.00 e. The second-order valence-electron chi connectivity index (χ2n) is 8.59. The predicted molar refractivity (Wildman–Crippen MR) is 195 cm³/mol. The van der Waals surface area contributed by atoms with Gasteiger partial charge in [0.1, 0.15) is 0 Å². The molecule has 0 bridgehead atoms. The average Bonchev–Trinajstić information content (AvgIpc) is 3.76. The molecule has 0 nitrogen and oxygen atoms in total. The van der Waals surface area contributed by atoms with Gasteiger partial charge in [-0.05, 0) is 21.2 Å². The zero-order chi connectivity index (χ0) is 30.7. The molecule has 6 rings (SSSR count). The van der Waals surface area contributed by atoms with Crippen LogP contribution in [-0.2, 0) is 33.0 Å². The summed E-state index contributed by atoms with van der Waals surface area (Å²) in [6, 6.07) is 60.5. The van der Waals surface area contributed by atoms with Crippen molar-refractivity contribution in [1.82, 2.24) is 0 Å². The van der Waals surface area contributed by atoms with Crippen molar-refractivity contribution in [3.05, 3.63) is 170 Å². The molecule has 0 heterocycles. The largest absolute Gasteiger partial charge is 2.00 e. The molecule has 0 atom stereocenters. The van der Waals surface area contributed by atoms with E-state index in [9.17, 15) is 0 Å². The van der Waals surface area contributed by atoms with Crippen LogP contribution < -0.4 is 31.8 Å². The summed E-state index contributed by atoms with van der Waals surface area (Å²) in [5.74, 6) is 0. The Labute approximate surface area is 305 Å². The summed E-state index contributed by atoms with van der Waals surface area (Å²) in [6.45, 7) is 0. The zero-order valence-electron chi connectivity index (χ0n) is 23.2. The fraction of sp³-hybridized carbons (Fsp3) is 0.0286. The molecule has 0 N–H and O–H groups in total. The second-order valence-corrected chi connectivity index (χ2v) is 17.4. The van der Waals surface area contributed by atoms with E-state index in [2.05, 4.69) is 170 Å². The van der Waals surface area contributed by atoms with Gasteiger partial charge in [-0.15, -0.1) is 0 Å². The van der Waals surface area contributed by atoms with E-state index in [0.717, 1.165) is 0 Å². The zero-order valence-corrected chi connectivity index (χ0v) is 31.4. The minimum atomic E-state index is -0.750. The summed E-state index contributed by atoms with van der Waals surface area (Å²) in [6.07, 6.45) is 0. The van der Waals surface area contributed by atoms with Crippen molar-refractivity contribution in [2.45, 2.75) is 4.30 Å². The van der Waals surface area contributed by atoms with Gasteiger partial charge in [0.2, 0.25) is 0 Å². The Bertz CT molecular complexity index is 1300. The molecule has 0 fully saturated rings. The van der Waals surface area contributed by atoms with Gasteiger partial charge in [0.15, 0.2) is 4.30 Å². The van der Waals surface area contributed by atoms with Crippen molar-refractivity contribution in [1.29, 1.82) is 0 Å². The van der Waals surface area contributed by atoms with Crippen molar-refractivity contribution >= 4 is 102 Å². The van der Waals surface area contributed by atoms with Crippen LogP contribution >= 0.6 is 69.7 Å². The molecule has 44 heavy (non-hydrogen) atoms. The fourth-order valence-electron chi connectivity index (χ4n) is 4.23. The van der Waals surface area contributed by atoms with E-state index in [1.165, 1.54) is 31.8 Å². The average molecular weight is 851 g/mol. The van der Waals surface area contributed by atoms with Gasteiger partial charge in [0, 0.05) is 0 Å². The number of benzene rings is 4. The summed E-state index contributed by atoms with van der Waals surface area (Å²) in [4.78, 5) is 0. The first-order valence-electron chi connectivity index (χ1n) is 13.0. The van der Waals surface area contributed by atoms with Crippen molar-refractivity contribution in [3.63, 3.8) is 0 Å². The number of rotatable bonds is 6. The van der Waals surface area contributed by atoms with Gasteiger partial charge in [0.25, 0.3) is 0 Å². The SMILES string of the molecule is ClC(Cl)Cl.[Cl][Pd][Cl].[Fe+2].c1ccc(P(c2ccccc2)c2cc[cH-]c2)cc1.c1ccc(P(c2ccccc2)c2cc[cH-]c2)cc1. The standard InChI is InChI=1S/2C17H14P.CHCl3.2ClH.Fe.Pd/c2*1-3-9-15(10-4-1)18(17-13-7-8-14-17)16-11-5-2-6-12-16;2-1(3)4;;;;/h2*1-14H;1H;2*1H;;/q2*-1;;;;2*+2/p-2. The molecule has 232 valence electrons. The van der Waals surface area contributed by atoms with Crippen LogP contribution in [0.25, 0.3) is 0 Å². The molecule has 0 aliphatic rings. The summed E-state index contributed by atoms with van der Waals surface area (Å²) in [5, 5.41) is 8.47. The topological polar surface area (TPSA) is 0 Å². The van der Waals surface area contributed by atoms with Gasteiger partial charge < -0.3 is 0 Å². The normalized spacial score (nSPS) is 10.1. The summed E-state index contributed by atoms with van der Waals surface area (Å²) >= 11 is 14.3. The quantitative estimate of drug-likeness (QED) is 0.0679. The molecule has 0 saturated heterocycles. The molecule has 6 aromatic rings. The molecule has 0 amide bonds. The van der Waals surface area contributed by atoms with Crippen LogP contribution in [0.1, 0.15) is 0 Å². The molecular weight excluding hydrogens is 822 g/mol. The molecule has 0 unspecified atom stereocenters. The maximum absolute atomic E-state index is 4.81. The molecule has 6 aromatic carbocycles. The molecule has 0 aromatic heterocycles. The van der Waals surface area contributed by atoms with Crippen molar-refractivity contribution < 1.29 is 33.0 Å². The molecular formula is C35H29Cl5FeP2Pd.